The van der Waals surface area contributed by atoms with Crippen LogP contribution in [0.4, 0.5) is 0 Å². The zero-order valence-electron chi connectivity index (χ0n) is 6.10. The van der Waals surface area contributed by atoms with E-state index in [1.165, 1.54) is 17.4 Å². The second kappa shape index (κ2) is 3.99. The van der Waals surface area contributed by atoms with Crippen LogP contribution in [0.2, 0.25) is 0 Å². The van der Waals surface area contributed by atoms with Gasteiger partial charge in [0.25, 0.3) is 0 Å². The van der Waals surface area contributed by atoms with Crippen LogP contribution in [0.15, 0.2) is 11.5 Å². The van der Waals surface area contributed by atoms with Gasteiger partial charge < -0.3 is 10.2 Å². The summed E-state index contributed by atoms with van der Waals surface area (Å²) in [6.07, 6.45) is 2.41. The summed E-state index contributed by atoms with van der Waals surface area (Å²) < 4.78 is 0. The molecule has 0 fully saturated rings. The molecule has 0 amide bonds. The van der Waals surface area contributed by atoms with Crippen molar-refractivity contribution in [1.82, 2.24) is 4.98 Å². The van der Waals surface area contributed by atoms with Gasteiger partial charge in [-0.2, -0.15) is 0 Å². The molecule has 0 radical (unpaired) electrons. The molecular formula is C7H7NO3S. The molecule has 1 heterocycles. The van der Waals surface area contributed by atoms with Crippen LogP contribution in [0, 0.1) is 0 Å². The summed E-state index contributed by atoms with van der Waals surface area (Å²) in [5.74, 6) is -1.00. The summed E-state index contributed by atoms with van der Waals surface area (Å²) in [5.41, 5.74) is 0.560. The largest absolute Gasteiger partial charge is 0.478 e. The normalized spacial score (nSPS) is 10.8. The van der Waals surface area contributed by atoms with Gasteiger partial charge >= 0.3 is 5.97 Å². The number of rotatable bonds is 3. The maximum atomic E-state index is 10.1. The van der Waals surface area contributed by atoms with Crippen molar-refractivity contribution in [3.63, 3.8) is 0 Å². The predicted molar refractivity (Wildman–Crippen MR) is 44.7 cm³/mol. The molecule has 0 saturated carbocycles. The first-order valence-electron chi connectivity index (χ1n) is 3.18. The zero-order chi connectivity index (χ0) is 8.97. The van der Waals surface area contributed by atoms with Gasteiger partial charge in [0.15, 0.2) is 0 Å². The average Bonchev–Trinajstić information content (AvgIpc) is 2.48. The number of aliphatic hydroxyl groups excluding tert-OH is 1. The number of carboxylic acid groups (broad SMARTS) is 1. The summed E-state index contributed by atoms with van der Waals surface area (Å²) in [5, 5.41) is 19.2. The van der Waals surface area contributed by atoms with Gasteiger partial charge in [-0.05, 0) is 6.08 Å². The van der Waals surface area contributed by atoms with Crippen LogP contribution < -0.4 is 0 Å². The molecule has 5 heteroatoms. The number of hydrogen-bond acceptors (Lipinski definition) is 4. The maximum Gasteiger partial charge on any atom is 0.328 e. The molecule has 1 aromatic heterocycles. The lowest BCUT2D eigenvalue weighted by Crippen LogP contribution is -1.86. The van der Waals surface area contributed by atoms with Gasteiger partial charge in [0.2, 0.25) is 0 Å². The number of hydrogen-bond donors (Lipinski definition) is 2. The molecule has 0 spiro atoms. The van der Waals surface area contributed by atoms with Crippen molar-refractivity contribution < 1.29 is 15.0 Å². The Kier molecular flexibility index (Phi) is 2.95. The molecule has 0 unspecified atom stereocenters. The van der Waals surface area contributed by atoms with Gasteiger partial charge in [0.05, 0.1) is 12.3 Å². The maximum absolute atomic E-state index is 10.1. The Balaban J connectivity index is 2.70. The first kappa shape index (κ1) is 8.89. The Bertz CT molecular complexity index is 305. The number of nitrogens with zero attached hydrogens (tertiary/aromatic N) is 1. The molecule has 0 aliphatic rings. The van der Waals surface area contributed by atoms with Crippen molar-refractivity contribution in [2.75, 3.05) is 0 Å². The fourth-order valence-electron chi connectivity index (χ4n) is 0.614. The molecule has 0 atom stereocenters. The molecule has 12 heavy (non-hydrogen) atoms. The summed E-state index contributed by atoms with van der Waals surface area (Å²) in [7, 11) is 0. The lowest BCUT2D eigenvalue weighted by atomic mass is 10.5. The molecule has 2 N–H and O–H groups in total. The van der Waals surface area contributed by atoms with Crippen molar-refractivity contribution in [1.29, 1.82) is 0 Å². The first-order valence-corrected chi connectivity index (χ1v) is 4.06. The minimum atomic E-state index is -1.00. The lowest BCUT2D eigenvalue weighted by molar-refractivity contribution is -0.131. The Morgan fingerprint density at radius 1 is 1.75 bits per heavy atom. The van der Waals surface area contributed by atoms with E-state index in [9.17, 15) is 4.79 Å². The van der Waals surface area contributed by atoms with E-state index in [1.807, 2.05) is 0 Å². The van der Waals surface area contributed by atoms with Crippen LogP contribution in [-0.2, 0) is 11.4 Å². The van der Waals surface area contributed by atoms with E-state index in [4.69, 9.17) is 10.2 Å². The van der Waals surface area contributed by atoms with Crippen molar-refractivity contribution in [2.45, 2.75) is 6.61 Å². The molecule has 0 saturated heterocycles. The number of aromatic nitrogens is 1. The van der Waals surface area contributed by atoms with E-state index in [-0.39, 0.29) is 6.61 Å². The summed E-state index contributed by atoms with van der Waals surface area (Å²) in [6, 6.07) is 0. The summed E-state index contributed by atoms with van der Waals surface area (Å²) >= 11 is 1.29. The highest BCUT2D eigenvalue weighted by Gasteiger charge is 1.96. The van der Waals surface area contributed by atoms with Crippen LogP contribution in [-0.4, -0.2) is 21.2 Å². The molecule has 0 aliphatic heterocycles. The zero-order valence-corrected chi connectivity index (χ0v) is 6.91. The van der Waals surface area contributed by atoms with Gasteiger partial charge in [-0.15, -0.1) is 11.3 Å². The van der Waals surface area contributed by atoms with E-state index in [0.717, 1.165) is 6.08 Å². The van der Waals surface area contributed by atoms with Crippen LogP contribution in [0.25, 0.3) is 6.08 Å². The number of carboxylic acids is 1. The van der Waals surface area contributed by atoms with Crippen molar-refractivity contribution in [3.05, 3.63) is 22.2 Å². The van der Waals surface area contributed by atoms with E-state index in [1.54, 1.807) is 5.38 Å². The van der Waals surface area contributed by atoms with E-state index in [0.29, 0.717) is 10.7 Å². The average molecular weight is 185 g/mol. The van der Waals surface area contributed by atoms with Crippen LogP contribution >= 0.6 is 11.3 Å². The molecule has 0 aliphatic carbocycles. The van der Waals surface area contributed by atoms with Gasteiger partial charge in [-0.25, -0.2) is 9.78 Å². The van der Waals surface area contributed by atoms with Gasteiger partial charge in [-0.3, -0.25) is 0 Å². The monoisotopic (exact) mass is 185 g/mol. The molecule has 64 valence electrons. The third-order valence-corrected chi connectivity index (χ3v) is 1.96. The van der Waals surface area contributed by atoms with Gasteiger partial charge in [0.1, 0.15) is 5.01 Å². The predicted octanol–water partition coefficient (Wildman–Crippen LogP) is 0.733. The Morgan fingerprint density at radius 3 is 3.00 bits per heavy atom. The quantitative estimate of drug-likeness (QED) is 0.681. The van der Waals surface area contributed by atoms with Crippen molar-refractivity contribution in [2.24, 2.45) is 0 Å². The van der Waals surface area contributed by atoms with E-state index in [2.05, 4.69) is 4.98 Å². The highest BCUT2D eigenvalue weighted by atomic mass is 32.1. The van der Waals surface area contributed by atoms with Crippen LogP contribution in [0.5, 0.6) is 0 Å². The number of carbonyl (C=O) groups is 1. The summed E-state index contributed by atoms with van der Waals surface area (Å²) in [4.78, 5) is 14.0. The fourth-order valence-corrected chi connectivity index (χ4v) is 1.31. The Hall–Kier alpha value is -1.20. The number of thiazole rings is 1. The lowest BCUT2D eigenvalue weighted by Gasteiger charge is -1.82. The van der Waals surface area contributed by atoms with E-state index < -0.39 is 5.97 Å². The molecule has 1 aromatic rings. The first-order chi connectivity index (χ1) is 5.72. The highest BCUT2D eigenvalue weighted by Crippen LogP contribution is 2.10. The van der Waals surface area contributed by atoms with Crippen molar-refractivity contribution >= 4 is 23.4 Å². The number of aliphatic hydroxyl groups is 1. The molecule has 4 nitrogen and oxygen atoms in total. The van der Waals surface area contributed by atoms with Crippen molar-refractivity contribution in [3.8, 4) is 0 Å². The number of aliphatic carboxylic acids is 1. The summed E-state index contributed by atoms with van der Waals surface area (Å²) in [6.45, 7) is -0.114. The Labute approximate surface area is 72.8 Å². The van der Waals surface area contributed by atoms with Gasteiger partial charge in [0, 0.05) is 11.5 Å². The topological polar surface area (TPSA) is 70.4 Å². The third kappa shape index (κ3) is 2.44. The highest BCUT2D eigenvalue weighted by molar-refractivity contribution is 7.10. The van der Waals surface area contributed by atoms with E-state index >= 15 is 0 Å². The third-order valence-electron chi connectivity index (χ3n) is 1.10. The Morgan fingerprint density at radius 2 is 2.50 bits per heavy atom. The fraction of sp³-hybridized carbons (Fsp3) is 0.143. The van der Waals surface area contributed by atoms with Crippen LogP contribution in [0.1, 0.15) is 10.7 Å². The minimum Gasteiger partial charge on any atom is -0.478 e. The smallest absolute Gasteiger partial charge is 0.328 e. The second-order valence-electron chi connectivity index (χ2n) is 2.01. The molecular weight excluding hydrogens is 178 g/mol. The van der Waals surface area contributed by atoms with Crippen LogP contribution in [0.3, 0.4) is 0 Å². The second-order valence-corrected chi connectivity index (χ2v) is 2.90. The molecule has 0 aromatic carbocycles. The van der Waals surface area contributed by atoms with Gasteiger partial charge in [-0.1, -0.05) is 0 Å². The molecule has 0 bridgehead atoms. The minimum absolute atomic E-state index is 0.114. The standard InChI is InChI=1S/C7H7NO3S/c9-3-5-4-12-6(8-5)1-2-7(10)11/h1-2,4,9H,3H2,(H,10,11). The SMILES string of the molecule is O=C(O)C=Cc1nc(CO)cs1. The molecule has 1 rings (SSSR count).